The lowest BCUT2D eigenvalue weighted by Gasteiger charge is -2.38. The molecule has 1 saturated heterocycles. The molecule has 0 unspecified atom stereocenters. The zero-order valence-corrected chi connectivity index (χ0v) is 14.9. The van der Waals surface area contributed by atoms with Gasteiger partial charge in [0.05, 0.1) is 11.1 Å². The molecule has 1 aliphatic heterocycles. The van der Waals surface area contributed by atoms with Crippen LogP contribution in [0.3, 0.4) is 0 Å². The number of amides is 1. The van der Waals surface area contributed by atoms with E-state index in [2.05, 4.69) is 5.10 Å². The molecule has 6 nitrogen and oxygen atoms in total. The third-order valence-corrected chi connectivity index (χ3v) is 5.19. The molecular formula is C18H20F2N4O2. The van der Waals surface area contributed by atoms with Crippen molar-refractivity contribution in [3.8, 4) is 6.07 Å². The van der Waals surface area contributed by atoms with Crippen LogP contribution in [0.1, 0.15) is 49.2 Å². The number of nitriles is 1. The zero-order valence-electron chi connectivity index (χ0n) is 14.9. The SMILES string of the molecule is Cn1cc(C(=O)N2CC[C@@]3(C=C(C#N)C(=O)C(C)(C)C3)C2)c(C(F)F)n1. The predicted octanol–water partition coefficient (Wildman–Crippen LogP) is 2.64. The summed E-state index contributed by atoms with van der Waals surface area (Å²) < 4.78 is 27.5. The average Bonchev–Trinajstić information content (AvgIpc) is 3.14. The largest absolute Gasteiger partial charge is 0.338 e. The van der Waals surface area contributed by atoms with Crippen molar-refractivity contribution >= 4 is 11.7 Å². The van der Waals surface area contributed by atoms with Gasteiger partial charge in [-0.05, 0) is 12.8 Å². The van der Waals surface area contributed by atoms with E-state index in [1.807, 2.05) is 6.07 Å². The van der Waals surface area contributed by atoms with Gasteiger partial charge in [-0.15, -0.1) is 0 Å². The van der Waals surface area contributed by atoms with Crippen molar-refractivity contribution in [2.75, 3.05) is 13.1 Å². The lowest BCUT2D eigenvalue weighted by molar-refractivity contribution is -0.125. The first-order valence-corrected chi connectivity index (χ1v) is 8.37. The Balaban J connectivity index is 1.89. The molecule has 26 heavy (non-hydrogen) atoms. The van der Waals surface area contributed by atoms with Gasteiger partial charge in [0.25, 0.3) is 12.3 Å². The van der Waals surface area contributed by atoms with Crippen LogP contribution in [0, 0.1) is 22.2 Å². The third-order valence-electron chi connectivity index (χ3n) is 5.19. The van der Waals surface area contributed by atoms with Crippen LogP contribution < -0.4 is 0 Å². The summed E-state index contributed by atoms with van der Waals surface area (Å²) in [5.74, 6) is -0.686. The summed E-state index contributed by atoms with van der Waals surface area (Å²) in [6.45, 7) is 4.27. The molecule has 2 heterocycles. The Hall–Kier alpha value is -2.56. The van der Waals surface area contributed by atoms with Gasteiger partial charge in [0.2, 0.25) is 0 Å². The minimum Gasteiger partial charge on any atom is -0.338 e. The van der Waals surface area contributed by atoms with Crippen LogP contribution in [0.2, 0.25) is 0 Å². The maximum absolute atomic E-state index is 13.1. The number of aryl methyl sites for hydroxylation is 1. The molecular weight excluding hydrogens is 342 g/mol. The molecule has 0 radical (unpaired) electrons. The van der Waals surface area contributed by atoms with E-state index in [4.69, 9.17) is 0 Å². The Bertz CT molecular complexity index is 850. The van der Waals surface area contributed by atoms with Crippen LogP contribution in [-0.2, 0) is 11.8 Å². The topological polar surface area (TPSA) is 79.0 Å². The van der Waals surface area contributed by atoms with Gasteiger partial charge in [0.1, 0.15) is 11.8 Å². The zero-order chi connectivity index (χ0) is 19.3. The van der Waals surface area contributed by atoms with E-state index in [1.165, 1.54) is 22.8 Å². The van der Waals surface area contributed by atoms with Crippen LogP contribution in [0.15, 0.2) is 17.8 Å². The number of ketones is 1. The first-order chi connectivity index (χ1) is 12.1. The molecule has 1 atom stereocenters. The number of Topliss-reactive ketones (excluding diaryl/α,β-unsaturated/α-hetero) is 1. The number of rotatable bonds is 2. The van der Waals surface area contributed by atoms with E-state index in [-0.39, 0.29) is 16.9 Å². The molecule has 0 saturated carbocycles. The molecule has 138 valence electrons. The van der Waals surface area contributed by atoms with Gasteiger partial charge in [0, 0.05) is 37.2 Å². The molecule has 1 aromatic rings. The first-order valence-electron chi connectivity index (χ1n) is 8.37. The van der Waals surface area contributed by atoms with Crippen molar-refractivity contribution in [3.05, 3.63) is 29.1 Å². The Labute approximate surface area is 150 Å². The molecule has 2 aliphatic rings. The van der Waals surface area contributed by atoms with E-state index >= 15 is 0 Å². The maximum atomic E-state index is 13.1. The highest BCUT2D eigenvalue weighted by Gasteiger charge is 2.49. The summed E-state index contributed by atoms with van der Waals surface area (Å²) in [5, 5.41) is 13.0. The molecule has 1 aromatic heterocycles. The Morgan fingerprint density at radius 1 is 1.42 bits per heavy atom. The van der Waals surface area contributed by atoms with E-state index in [9.17, 15) is 23.6 Å². The number of carbonyl (C=O) groups excluding carboxylic acids is 2. The minimum atomic E-state index is -2.83. The maximum Gasteiger partial charge on any atom is 0.282 e. The lowest BCUT2D eigenvalue weighted by Crippen LogP contribution is -2.40. The normalized spacial score (nSPS) is 24.9. The number of alkyl halides is 2. The number of likely N-dealkylation sites (tertiary alicyclic amines) is 1. The highest BCUT2D eigenvalue weighted by atomic mass is 19.3. The van der Waals surface area contributed by atoms with Gasteiger partial charge in [-0.1, -0.05) is 19.9 Å². The number of hydrogen-bond acceptors (Lipinski definition) is 4. The van der Waals surface area contributed by atoms with Crippen molar-refractivity contribution in [1.82, 2.24) is 14.7 Å². The van der Waals surface area contributed by atoms with Crippen LogP contribution in [0.4, 0.5) is 8.78 Å². The van der Waals surface area contributed by atoms with Gasteiger partial charge in [-0.25, -0.2) is 8.78 Å². The smallest absolute Gasteiger partial charge is 0.282 e. The fraction of sp³-hybridized carbons (Fsp3) is 0.556. The first kappa shape index (κ1) is 18.2. The van der Waals surface area contributed by atoms with Crippen LogP contribution in [0.25, 0.3) is 0 Å². The number of aromatic nitrogens is 2. The predicted molar refractivity (Wildman–Crippen MR) is 88.2 cm³/mol. The third kappa shape index (κ3) is 2.91. The summed E-state index contributed by atoms with van der Waals surface area (Å²) in [7, 11) is 1.49. The van der Waals surface area contributed by atoms with Crippen molar-refractivity contribution in [3.63, 3.8) is 0 Å². The molecule has 0 bridgehead atoms. The Kier molecular flexibility index (Phi) is 4.21. The van der Waals surface area contributed by atoms with E-state index in [0.717, 1.165) is 0 Å². The van der Waals surface area contributed by atoms with E-state index in [0.29, 0.717) is 25.9 Å². The molecule has 1 fully saturated rings. The van der Waals surface area contributed by atoms with Crippen molar-refractivity contribution < 1.29 is 18.4 Å². The quantitative estimate of drug-likeness (QED) is 0.810. The summed E-state index contributed by atoms with van der Waals surface area (Å²) in [4.78, 5) is 26.6. The molecule has 8 heteroatoms. The second kappa shape index (κ2) is 6.01. The number of halogens is 2. The molecule has 0 aromatic carbocycles. The van der Waals surface area contributed by atoms with Crippen LogP contribution >= 0.6 is 0 Å². The highest BCUT2D eigenvalue weighted by Crippen LogP contribution is 2.48. The number of allylic oxidation sites excluding steroid dienone is 1. The van der Waals surface area contributed by atoms with E-state index < -0.39 is 28.9 Å². The fourth-order valence-electron chi connectivity index (χ4n) is 4.16. The molecule has 1 spiro atoms. The molecule has 1 amide bonds. The fourth-order valence-corrected chi connectivity index (χ4v) is 4.16. The highest BCUT2D eigenvalue weighted by molar-refractivity contribution is 6.04. The van der Waals surface area contributed by atoms with Crippen molar-refractivity contribution in [2.45, 2.75) is 33.1 Å². The van der Waals surface area contributed by atoms with Crippen LogP contribution in [-0.4, -0.2) is 39.5 Å². The number of carbonyl (C=O) groups is 2. The molecule has 1 aliphatic carbocycles. The Morgan fingerprint density at radius 3 is 2.73 bits per heavy atom. The second-order valence-electron chi connectivity index (χ2n) is 7.80. The number of nitrogens with zero attached hydrogens (tertiary/aromatic N) is 4. The summed E-state index contributed by atoms with van der Waals surface area (Å²) in [5.41, 5.74) is -1.68. The summed E-state index contributed by atoms with van der Waals surface area (Å²) in [6.07, 6.45) is 1.25. The van der Waals surface area contributed by atoms with Gasteiger partial charge in [0.15, 0.2) is 5.78 Å². The van der Waals surface area contributed by atoms with Crippen LogP contribution in [0.5, 0.6) is 0 Å². The van der Waals surface area contributed by atoms with Crippen molar-refractivity contribution in [1.29, 1.82) is 5.26 Å². The molecule has 3 rings (SSSR count). The Morgan fingerprint density at radius 2 is 2.12 bits per heavy atom. The van der Waals surface area contributed by atoms with Gasteiger partial charge < -0.3 is 4.90 Å². The second-order valence-corrected chi connectivity index (χ2v) is 7.80. The van der Waals surface area contributed by atoms with Gasteiger partial charge >= 0.3 is 0 Å². The lowest BCUT2D eigenvalue weighted by atomic mass is 9.64. The summed E-state index contributed by atoms with van der Waals surface area (Å²) >= 11 is 0. The van der Waals surface area contributed by atoms with E-state index in [1.54, 1.807) is 19.9 Å². The van der Waals surface area contributed by atoms with Crippen molar-refractivity contribution in [2.24, 2.45) is 17.9 Å². The monoisotopic (exact) mass is 362 g/mol. The number of hydrogen-bond donors (Lipinski definition) is 0. The van der Waals surface area contributed by atoms with Gasteiger partial charge in [-0.3, -0.25) is 14.3 Å². The van der Waals surface area contributed by atoms with Gasteiger partial charge in [-0.2, -0.15) is 10.4 Å². The molecule has 0 N–H and O–H groups in total. The minimum absolute atomic E-state index is 0.102. The standard InChI is InChI=1S/C18H20F2N4O2/c1-17(2)9-18(6-11(7-21)14(17)25)4-5-24(10-18)16(26)12-8-23(3)22-13(12)15(19)20/h6,8,15H,4-5,9-10H2,1-3H3/t18-/m0/s1. The average molecular weight is 362 g/mol. The summed E-state index contributed by atoms with van der Waals surface area (Å²) in [6, 6.07) is 1.96.